The molecule has 0 bridgehead atoms. The van der Waals surface area contributed by atoms with Crippen LogP contribution in [0.3, 0.4) is 0 Å². The van der Waals surface area contributed by atoms with Gasteiger partial charge < -0.3 is 15.2 Å². The first-order valence-corrected chi connectivity index (χ1v) is 6.41. The molecule has 0 aliphatic heterocycles. The van der Waals surface area contributed by atoms with Crippen molar-refractivity contribution in [2.24, 2.45) is 11.8 Å². The van der Waals surface area contributed by atoms with Gasteiger partial charge >= 0.3 is 5.97 Å². The molecule has 0 aromatic rings. The summed E-state index contributed by atoms with van der Waals surface area (Å²) in [6.45, 7) is 4.14. The van der Waals surface area contributed by atoms with Gasteiger partial charge in [0, 0.05) is 7.11 Å². The monoisotopic (exact) mass is 257 g/mol. The Hall–Kier alpha value is -1.10. The smallest absolute Gasteiger partial charge is 0.307 e. The Bertz CT molecular complexity index is 314. The van der Waals surface area contributed by atoms with Crippen LogP contribution < -0.4 is 5.32 Å². The topological polar surface area (TPSA) is 75.6 Å². The molecule has 5 nitrogen and oxygen atoms in total. The number of methoxy groups -OCH3 is 1. The molecule has 0 spiro atoms. The number of carboxylic acid groups (broad SMARTS) is 1. The minimum absolute atomic E-state index is 0.163. The third kappa shape index (κ3) is 3.98. The lowest BCUT2D eigenvalue weighted by atomic mass is 9.78. The second-order valence-electron chi connectivity index (χ2n) is 5.64. The minimum Gasteiger partial charge on any atom is -0.481 e. The number of aliphatic carboxylic acids is 1. The molecule has 2 N–H and O–H groups in total. The number of hydrogen-bond donors (Lipinski definition) is 2. The Morgan fingerprint density at radius 1 is 1.28 bits per heavy atom. The summed E-state index contributed by atoms with van der Waals surface area (Å²) in [5.41, 5.74) is -0.466. The highest BCUT2D eigenvalue weighted by Gasteiger charge is 2.37. The van der Waals surface area contributed by atoms with Crippen LogP contribution in [0.2, 0.25) is 0 Å². The standard InChI is InChI=1S/C13H23NO4/c1-13(2,8-18-3)14-11(15)9-6-4-5-7-10(9)12(16)17/h9-10H,4-8H2,1-3H3,(H,14,15)(H,16,17). The number of ether oxygens (including phenoxy) is 1. The fraction of sp³-hybridized carbons (Fsp3) is 0.846. The molecular weight excluding hydrogens is 234 g/mol. The van der Waals surface area contributed by atoms with Gasteiger partial charge in [-0.3, -0.25) is 9.59 Å². The first kappa shape index (κ1) is 15.0. The van der Waals surface area contributed by atoms with Crippen molar-refractivity contribution < 1.29 is 19.4 Å². The zero-order valence-corrected chi connectivity index (χ0v) is 11.4. The van der Waals surface area contributed by atoms with Crippen LogP contribution in [0.25, 0.3) is 0 Å². The van der Waals surface area contributed by atoms with Gasteiger partial charge in [0.2, 0.25) is 5.91 Å². The molecule has 104 valence electrons. The van der Waals surface area contributed by atoms with Crippen molar-refractivity contribution in [1.82, 2.24) is 5.32 Å². The lowest BCUT2D eigenvalue weighted by molar-refractivity contribution is -0.149. The number of amides is 1. The van der Waals surface area contributed by atoms with Gasteiger partial charge in [0.05, 0.1) is 24.0 Å². The van der Waals surface area contributed by atoms with Crippen molar-refractivity contribution in [2.45, 2.75) is 45.1 Å². The molecule has 1 fully saturated rings. The van der Waals surface area contributed by atoms with E-state index in [2.05, 4.69) is 5.32 Å². The Morgan fingerprint density at radius 2 is 1.83 bits per heavy atom. The van der Waals surface area contributed by atoms with Crippen LogP contribution in [-0.4, -0.2) is 36.2 Å². The van der Waals surface area contributed by atoms with Crippen LogP contribution in [0.5, 0.6) is 0 Å². The molecule has 2 unspecified atom stereocenters. The second-order valence-corrected chi connectivity index (χ2v) is 5.64. The molecular formula is C13H23NO4. The lowest BCUT2D eigenvalue weighted by Crippen LogP contribution is -2.51. The molecule has 0 saturated heterocycles. The van der Waals surface area contributed by atoms with E-state index in [0.717, 1.165) is 12.8 Å². The number of carbonyl (C=O) groups is 2. The highest BCUT2D eigenvalue weighted by Crippen LogP contribution is 2.30. The minimum atomic E-state index is -0.862. The largest absolute Gasteiger partial charge is 0.481 e. The molecule has 5 heteroatoms. The molecule has 1 amide bonds. The van der Waals surface area contributed by atoms with E-state index in [4.69, 9.17) is 9.84 Å². The zero-order chi connectivity index (χ0) is 13.8. The molecule has 1 rings (SSSR count). The normalized spacial score (nSPS) is 24.6. The van der Waals surface area contributed by atoms with Crippen molar-refractivity contribution in [2.75, 3.05) is 13.7 Å². The summed E-state index contributed by atoms with van der Waals surface area (Å²) in [7, 11) is 1.58. The van der Waals surface area contributed by atoms with Gasteiger partial charge in [-0.05, 0) is 26.7 Å². The number of nitrogens with one attached hydrogen (secondary N) is 1. The number of carbonyl (C=O) groups excluding carboxylic acids is 1. The average Bonchev–Trinajstić information content (AvgIpc) is 2.28. The van der Waals surface area contributed by atoms with Crippen LogP contribution >= 0.6 is 0 Å². The van der Waals surface area contributed by atoms with Gasteiger partial charge in [0.25, 0.3) is 0 Å². The Labute approximate surface area is 108 Å². The molecule has 1 aliphatic carbocycles. The highest BCUT2D eigenvalue weighted by molar-refractivity contribution is 5.85. The van der Waals surface area contributed by atoms with Crippen LogP contribution in [0.4, 0.5) is 0 Å². The summed E-state index contributed by atoms with van der Waals surface area (Å²) >= 11 is 0. The Kier molecular flexibility index (Phi) is 5.14. The van der Waals surface area contributed by atoms with Crippen LogP contribution in [-0.2, 0) is 14.3 Å². The maximum absolute atomic E-state index is 12.2. The molecule has 18 heavy (non-hydrogen) atoms. The zero-order valence-electron chi connectivity index (χ0n) is 11.4. The van der Waals surface area contributed by atoms with Crippen molar-refractivity contribution in [3.8, 4) is 0 Å². The predicted octanol–water partition coefficient (Wildman–Crippen LogP) is 1.42. The SMILES string of the molecule is COCC(C)(C)NC(=O)C1CCCCC1C(=O)O. The maximum atomic E-state index is 12.2. The van der Waals surface area contributed by atoms with Crippen LogP contribution in [0.15, 0.2) is 0 Å². The van der Waals surface area contributed by atoms with E-state index in [1.165, 1.54) is 0 Å². The predicted molar refractivity (Wildman–Crippen MR) is 67.2 cm³/mol. The summed E-state index contributed by atoms with van der Waals surface area (Å²) < 4.78 is 5.04. The van der Waals surface area contributed by atoms with E-state index in [-0.39, 0.29) is 5.91 Å². The van der Waals surface area contributed by atoms with E-state index >= 15 is 0 Å². The van der Waals surface area contributed by atoms with Gasteiger partial charge in [-0.15, -0.1) is 0 Å². The van der Waals surface area contributed by atoms with Crippen molar-refractivity contribution >= 4 is 11.9 Å². The lowest BCUT2D eigenvalue weighted by Gasteiger charge is -2.32. The van der Waals surface area contributed by atoms with E-state index in [1.54, 1.807) is 7.11 Å². The quantitative estimate of drug-likeness (QED) is 0.781. The van der Waals surface area contributed by atoms with Gasteiger partial charge in [-0.1, -0.05) is 12.8 Å². The fourth-order valence-electron chi connectivity index (χ4n) is 2.56. The van der Waals surface area contributed by atoms with E-state index in [0.29, 0.717) is 19.4 Å². The molecule has 1 aliphatic rings. The average molecular weight is 257 g/mol. The van der Waals surface area contributed by atoms with Crippen LogP contribution in [0.1, 0.15) is 39.5 Å². The number of rotatable bonds is 5. The molecule has 0 radical (unpaired) electrons. The van der Waals surface area contributed by atoms with E-state index in [9.17, 15) is 9.59 Å². The van der Waals surface area contributed by atoms with Gasteiger partial charge in [0.15, 0.2) is 0 Å². The van der Waals surface area contributed by atoms with E-state index < -0.39 is 23.3 Å². The van der Waals surface area contributed by atoms with Crippen molar-refractivity contribution in [3.63, 3.8) is 0 Å². The summed E-state index contributed by atoms with van der Waals surface area (Å²) in [4.78, 5) is 23.3. The molecule has 0 heterocycles. The van der Waals surface area contributed by atoms with Gasteiger partial charge in [-0.2, -0.15) is 0 Å². The summed E-state index contributed by atoms with van der Waals surface area (Å²) in [5.74, 6) is -1.98. The van der Waals surface area contributed by atoms with Crippen molar-refractivity contribution in [3.05, 3.63) is 0 Å². The molecule has 0 aromatic carbocycles. The maximum Gasteiger partial charge on any atom is 0.307 e. The molecule has 1 saturated carbocycles. The highest BCUT2D eigenvalue weighted by atomic mass is 16.5. The molecule has 0 aromatic heterocycles. The first-order valence-electron chi connectivity index (χ1n) is 6.41. The summed E-state index contributed by atoms with van der Waals surface area (Å²) in [6.07, 6.45) is 3.07. The van der Waals surface area contributed by atoms with Crippen molar-refractivity contribution in [1.29, 1.82) is 0 Å². The number of hydrogen-bond acceptors (Lipinski definition) is 3. The summed E-state index contributed by atoms with van der Waals surface area (Å²) in [5, 5.41) is 12.0. The fourth-order valence-corrected chi connectivity index (χ4v) is 2.56. The summed E-state index contributed by atoms with van der Waals surface area (Å²) in [6, 6.07) is 0. The van der Waals surface area contributed by atoms with Gasteiger partial charge in [-0.25, -0.2) is 0 Å². The Balaban J connectivity index is 2.66. The third-order valence-electron chi connectivity index (χ3n) is 3.39. The van der Waals surface area contributed by atoms with Gasteiger partial charge in [0.1, 0.15) is 0 Å². The first-order chi connectivity index (χ1) is 8.37. The van der Waals surface area contributed by atoms with Crippen LogP contribution in [0, 0.1) is 11.8 Å². The third-order valence-corrected chi connectivity index (χ3v) is 3.39. The second kappa shape index (κ2) is 6.18. The Morgan fingerprint density at radius 3 is 2.33 bits per heavy atom. The number of carboxylic acids is 1. The van der Waals surface area contributed by atoms with E-state index in [1.807, 2.05) is 13.8 Å². The molecule has 2 atom stereocenters.